The monoisotopic (exact) mass is 413 g/mol. The van der Waals surface area contributed by atoms with Gasteiger partial charge in [0.15, 0.2) is 6.10 Å². The first kappa shape index (κ1) is 22.9. The van der Waals surface area contributed by atoms with Crippen LogP contribution in [0.25, 0.3) is 0 Å². The second-order valence-electron chi connectivity index (χ2n) is 7.73. The summed E-state index contributed by atoms with van der Waals surface area (Å²) in [6.45, 7) is 6.93. The SMILES string of the molecule is COc1cccc(OC)c1C(=O)O[C@H](C)C(=O)c1ccc(NC(=O)C(C)(C)C)cc1. The van der Waals surface area contributed by atoms with Crippen LogP contribution in [0.4, 0.5) is 5.69 Å². The number of carbonyl (C=O) groups excluding carboxylic acids is 3. The fraction of sp³-hybridized carbons (Fsp3) is 0.348. The molecular formula is C23H27NO6. The number of ether oxygens (including phenoxy) is 3. The Kier molecular flexibility index (Phi) is 7.21. The molecule has 0 aromatic heterocycles. The van der Waals surface area contributed by atoms with E-state index in [1.165, 1.54) is 21.1 Å². The van der Waals surface area contributed by atoms with Gasteiger partial charge in [0.25, 0.3) is 0 Å². The van der Waals surface area contributed by atoms with Crippen LogP contribution in [0.5, 0.6) is 11.5 Å². The van der Waals surface area contributed by atoms with Crippen LogP contribution in [0.2, 0.25) is 0 Å². The number of methoxy groups -OCH3 is 2. The van der Waals surface area contributed by atoms with Crippen molar-refractivity contribution >= 4 is 23.3 Å². The number of hydrogen-bond acceptors (Lipinski definition) is 6. The maximum Gasteiger partial charge on any atom is 0.346 e. The van der Waals surface area contributed by atoms with Crippen molar-refractivity contribution in [3.63, 3.8) is 0 Å². The van der Waals surface area contributed by atoms with E-state index in [0.29, 0.717) is 11.3 Å². The first-order chi connectivity index (χ1) is 14.1. The zero-order valence-electron chi connectivity index (χ0n) is 18.1. The molecule has 0 unspecified atom stereocenters. The molecule has 1 N–H and O–H groups in total. The van der Waals surface area contributed by atoms with Gasteiger partial charge in [0.1, 0.15) is 17.1 Å². The van der Waals surface area contributed by atoms with Crippen LogP contribution in [0.3, 0.4) is 0 Å². The molecule has 1 atom stereocenters. The van der Waals surface area contributed by atoms with Crippen molar-refractivity contribution in [1.29, 1.82) is 0 Å². The van der Waals surface area contributed by atoms with Gasteiger partial charge < -0.3 is 19.5 Å². The Hall–Kier alpha value is -3.35. The lowest BCUT2D eigenvalue weighted by Gasteiger charge is -2.18. The van der Waals surface area contributed by atoms with Crippen molar-refractivity contribution in [1.82, 2.24) is 0 Å². The molecule has 0 saturated carbocycles. The number of ketones is 1. The molecule has 0 aliphatic rings. The summed E-state index contributed by atoms with van der Waals surface area (Å²) in [5.41, 5.74) is 0.518. The lowest BCUT2D eigenvalue weighted by atomic mass is 9.95. The summed E-state index contributed by atoms with van der Waals surface area (Å²) < 4.78 is 15.8. The minimum Gasteiger partial charge on any atom is -0.496 e. The van der Waals surface area contributed by atoms with Crippen molar-refractivity contribution in [3.05, 3.63) is 53.6 Å². The van der Waals surface area contributed by atoms with Gasteiger partial charge in [-0.05, 0) is 43.3 Å². The molecule has 0 fully saturated rings. The number of benzene rings is 2. The Morgan fingerprint density at radius 2 is 1.43 bits per heavy atom. The molecule has 1 amide bonds. The Bertz CT molecular complexity index is 905. The number of carbonyl (C=O) groups is 3. The molecule has 2 rings (SSSR count). The fourth-order valence-electron chi connectivity index (χ4n) is 2.60. The first-order valence-corrected chi connectivity index (χ1v) is 9.46. The largest absolute Gasteiger partial charge is 0.496 e. The Balaban J connectivity index is 2.11. The number of anilines is 1. The number of nitrogens with one attached hydrogen (secondary N) is 1. The smallest absolute Gasteiger partial charge is 0.346 e. The lowest BCUT2D eigenvalue weighted by Crippen LogP contribution is -2.27. The average molecular weight is 413 g/mol. The van der Waals surface area contributed by atoms with Gasteiger partial charge in [0.2, 0.25) is 11.7 Å². The highest BCUT2D eigenvalue weighted by Crippen LogP contribution is 2.29. The Labute approximate surface area is 176 Å². The zero-order chi connectivity index (χ0) is 22.5. The van der Waals surface area contributed by atoms with E-state index >= 15 is 0 Å². The van der Waals surface area contributed by atoms with Crippen LogP contribution < -0.4 is 14.8 Å². The quantitative estimate of drug-likeness (QED) is 0.542. The van der Waals surface area contributed by atoms with E-state index in [1.807, 2.05) is 20.8 Å². The van der Waals surface area contributed by atoms with E-state index in [2.05, 4.69) is 5.32 Å². The minimum absolute atomic E-state index is 0.113. The third-order valence-electron chi connectivity index (χ3n) is 4.39. The standard InChI is InChI=1S/C23H27NO6/c1-14(30-21(26)19-17(28-5)8-7-9-18(19)29-6)20(25)15-10-12-16(13-11-15)24-22(27)23(2,3)4/h7-14H,1-6H3,(H,24,27)/t14-/m1/s1. The van der Waals surface area contributed by atoms with Gasteiger partial charge >= 0.3 is 5.97 Å². The Morgan fingerprint density at radius 3 is 1.90 bits per heavy atom. The van der Waals surface area contributed by atoms with Gasteiger partial charge in [-0.25, -0.2) is 4.79 Å². The predicted octanol–water partition coefficient (Wildman–Crippen LogP) is 4.12. The van der Waals surface area contributed by atoms with Gasteiger partial charge in [-0.15, -0.1) is 0 Å². The van der Waals surface area contributed by atoms with Gasteiger partial charge in [-0.3, -0.25) is 9.59 Å². The van der Waals surface area contributed by atoms with Crippen LogP contribution in [0.1, 0.15) is 48.4 Å². The van der Waals surface area contributed by atoms with E-state index in [1.54, 1.807) is 42.5 Å². The number of amides is 1. The minimum atomic E-state index is -1.03. The molecule has 30 heavy (non-hydrogen) atoms. The van der Waals surface area contributed by atoms with Crippen molar-refractivity contribution in [2.45, 2.75) is 33.8 Å². The fourth-order valence-corrected chi connectivity index (χ4v) is 2.60. The maximum atomic E-state index is 12.7. The summed E-state index contributed by atoms with van der Waals surface area (Å²) in [5.74, 6) is -0.643. The van der Waals surface area contributed by atoms with E-state index in [-0.39, 0.29) is 28.8 Å². The van der Waals surface area contributed by atoms with Crippen molar-refractivity contribution in [3.8, 4) is 11.5 Å². The summed E-state index contributed by atoms with van der Waals surface area (Å²) in [7, 11) is 2.86. The predicted molar refractivity (Wildman–Crippen MR) is 113 cm³/mol. The highest BCUT2D eigenvalue weighted by atomic mass is 16.6. The highest BCUT2D eigenvalue weighted by molar-refractivity contribution is 6.03. The van der Waals surface area contributed by atoms with Crippen molar-refractivity contribution in [2.75, 3.05) is 19.5 Å². The van der Waals surface area contributed by atoms with E-state index in [0.717, 1.165) is 0 Å². The number of Topliss-reactive ketones (excluding diaryl/α,β-unsaturated/α-hetero) is 1. The molecule has 0 radical (unpaired) electrons. The maximum absolute atomic E-state index is 12.7. The third kappa shape index (κ3) is 5.37. The molecule has 2 aromatic rings. The van der Waals surface area contributed by atoms with Gasteiger partial charge in [-0.2, -0.15) is 0 Å². The average Bonchev–Trinajstić information content (AvgIpc) is 2.72. The summed E-state index contributed by atoms with van der Waals surface area (Å²) in [4.78, 5) is 37.4. The second-order valence-corrected chi connectivity index (χ2v) is 7.73. The van der Waals surface area contributed by atoms with Crippen molar-refractivity contribution in [2.24, 2.45) is 5.41 Å². The Morgan fingerprint density at radius 1 is 0.900 bits per heavy atom. The van der Waals surface area contributed by atoms with Crippen LogP contribution in [0.15, 0.2) is 42.5 Å². The third-order valence-corrected chi connectivity index (χ3v) is 4.39. The molecular weight excluding hydrogens is 386 g/mol. The molecule has 0 aliphatic heterocycles. The summed E-state index contributed by atoms with van der Waals surface area (Å²) >= 11 is 0. The molecule has 160 valence electrons. The van der Waals surface area contributed by atoms with Gasteiger partial charge in [0, 0.05) is 16.7 Å². The molecule has 0 aliphatic carbocycles. The second kappa shape index (κ2) is 9.43. The molecule has 0 spiro atoms. The summed E-state index contributed by atoms with van der Waals surface area (Å²) in [6, 6.07) is 11.3. The lowest BCUT2D eigenvalue weighted by molar-refractivity contribution is -0.123. The van der Waals surface area contributed by atoms with E-state index in [9.17, 15) is 14.4 Å². The van der Waals surface area contributed by atoms with Gasteiger partial charge in [0.05, 0.1) is 14.2 Å². The number of esters is 1. The topological polar surface area (TPSA) is 90.9 Å². The summed E-state index contributed by atoms with van der Waals surface area (Å²) in [5, 5.41) is 2.79. The molecule has 0 bridgehead atoms. The van der Waals surface area contributed by atoms with Crippen LogP contribution in [-0.4, -0.2) is 38.0 Å². The molecule has 0 saturated heterocycles. The normalized spacial score (nSPS) is 11.9. The molecule has 2 aromatic carbocycles. The molecule has 7 heteroatoms. The summed E-state index contributed by atoms with van der Waals surface area (Å²) in [6.07, 6.45) is -1.03. The van der Waals surface area contributed by atoms with E-state index in [4.69, 9.17) is 14.2 Å². The van der Waals surface area contributed by atoms with E-state index < -0.39 is 17.5 Å². The van der Waals surface area contributed by atoms with Gasteiger partial charge in [-0.1, -0.05) is 26.8 Å². The first-order valence-electron chi connectivity index (χ1n) is 9.46. The molecule has 0 heterocycles. The number of hydrogen-bond donors (Lipinski definition) is 1. The zero-order valence-corrected chi connectivity index (χ0v) is 18.1. The van der Waals surface area contributed by atoms with Crippen LogP contribution in [-0.2, 0) is 9.53 Å². The van der Waals surface area contributed by atoms with Crippen molar-refractivity contribution < 1.29 is 28.6 Å². The number of rotatable bonds is 7. The molecule has 7 nitrogen and oxygen atoms in total. The van der Waals surface area contributed by atoms with Crippen LogP contribution >= 0.6 is 0 Å². The highest BCUT2D eigenvalue weighted by Gasteiger charge is 2.26. The van der Waals surface area contributed by atoms with Crippen LogP contribution in [0, 0.1) is 5.41 Å².